The molecule has 0 bridgehead atoms. The second-order valence-electron chi connectivity index (χ2n) is 7.25. The zero-order valence-corrected chi connectivity index (χ0v) is 20.9. The highest BCUT2D eigenvalue weighted by Gasteiger charge is 2.28. The summed E-state index contributed by atoms with van der Waals surface area (Å²) in [7, 11) is 1.63. The summed E-state index contributed by atoms with van der Waals surface area (Å²) >= 11 is 3.29. The number of carbonyl (C=O) groups excluding carboxylic acids is 1. The number of nitrogen functional groups attached to an aromatic ring is 1. The molecular weight excluding hydrogens is 508 g/mol. The van der Waals surface area contributed by atoms with Crippen molar-refractivity contribution in [3.05, 3.63) is 34.8 Å². The summed E-state index contributed by atoms with van der Waals surface area (Å²) < 4.78 is 21.1. The quantitative estimate of drug-likeness (QED) is 0.179. The molecule has 0 aliphatic heterocycles. The number of rotatable bonds is 14. The van der Waals surface area contributed by atoms with Gasteiger partial charge in [-0.05, 0) is 35.0 Å². The lowest BCUT2D eigenvalue weighted by atomic mass is 10.3. The van der Waals surface area contributed by atoms with Crippen LogP contribution in [0.15, 0.2) is 29.0 Å². The maximum atomic E-state index is 12.1. The molecule has 0 spiro atoms. The minimum Gasteiger partial charge on any atom is -0.497 e. The van der Waals surface area contributed by atoms with Crippen molar-refractivity contribution >= 4 is 45.0 Å². The molecule has 12 heteroatoms. The monoisotopic (exact) mass is 537 g/mol. The number of carbonyl (C=O) groups is 1. The van der Waals surface area contributed by atoms with Gasteiger partial charge in [0.1, 0.15) is 23.4 Å². The van der Waals surface area contributed by atoms with Crippen molar-refractivity contribution in [3.63, 3.8) is 0 Å². The zero-order valence-electron chi connectivity index (χ0n) is 19.3. The molecular formula is C22H30BrN6O5+. The topological polar surface area (TPSA) is 129 Å². The van der Waals surface area contributed by atoms with Crippen molar-refractivity contribution in [1.82, 2.24) is 14.5 Å². The van der Waals surface area contributed by atoms with Crippen molar-refractivity contribution in [2.75, 3.05) is 50.8 Å². The number of aromatic nitrogens is 4. The number of halogens is 1. The van der Waals surface area contributed by atoms with Gasteiger partial charge in [0, 0.05) is 6.07 Å². The molecule has 0 aliphatic carbocycles. The van der Waals surface area contributed by atoms with Gasteiger partial charge >= 0.3 is 0 Å². The van der Waals surface area contributed by atoms with E-state index in [1.54, 1.807) is 7.11 Å². The number of benzene rings is 1. The summed E-state index contributed by atoms with van der Waals surface area (Å²) in [5.41, 5.74) is 7.97. The van der Waals surface area contributed by atoms with Gasteiger partial charge in [-0.15, -0.1) is 0 Å². The smallest absolute Gasteiger partial charge is 0.277 e. The molecule has 184 valence electrons. The molecule has 3 aromatic rings. The molecule has 11 nitrogen and oxygen atoms in total. The molecule has 0 unspecified atom stereocenters. The number of aliphatic hydroxyl groups excluding tert-OH is 1. The predicted molar refractivity (Wildman–Crippen MR) is 129 cm³/mol. The van der Waals surface area contributed by atoms with Gasteiger partial charge in [-0.25, -0.2) is 19.1 Å². The first kappa shape index (κ1) is 25.8. The first-order valence-corrected chi connectivity index (χ1v) is 11.7. The molecule has 0 saturated carbocycles. The fraction of sp³-hybridized carbons (Fsp3) is 0.455. The molecule has 0 atom stereocenters. The highest BCUT2D eigenvalue weighted by atomic mass is 79.9. The number of aliphatic hydroxyl groups is 1. The molecule has 34 heavy (non-hydrogen) atoms. The van der Waals surface area contributed by atoms with Crippen LogP contribution in [0.2, 0.25) is 0 Å². The number of imidazole rings is 1. The third kappa shape index (κ3) is 6.00. The van der Waals surface area contributed by atoms with E-state index in [2.05, 4.69) is 35.0 Å². The van der Waals surface area contributed by atoms with Crippen LogP contribution in [-0.2, 0) is 33.9 Å². The molecule has 2 heterocycles. The first-order chi connectivity index (χ1) is 16.5. The van der Waals surface area contributed by atoms with Gasteiger partial charge < -0.3 is 25.1 Å². The SMILES string of the molecule is CCn1c(CN(C=O)c2nc(Br)cnc2N)[n+](CCOCCOCCO)c2ccc(OC)cc21. The lowest BCUT2D eigenvalue weighted by Gasteiger charge is -2.17. The van der Waals surface area contributed by atoms with Gasteiger partial charge in [0.15, 0.2) is 22.7 Å². The zero-order chi connectivity index (χ0) is 24.5. The maximum Gasteiger partial charge on any atom is 0.277 e. The Kier molecular flexibility index (Phi) is 9.57. The molecule has 0 saturated heterocycles. The number of hydrogen-bond donors (Lipinski definition) is 2. The van der Waals surface area contributed by atoms with Crippen LogP contribution in [0.1, 0.15) is 12.7 Å². The summed E-state index contributed by atoms with van der Waals surface area (Å²) in [4.78, 5) is 22.0. The normalized spacial score (nSPS) is 11.2. The molecule has 3 N–H and O–H groups in total. The predicted octanol–water partition coefficient (Wildman–Crippen LogP) is 1.28. The van der Waals surface area contributed by atoms with Crippen LogP contribution in [0.4, 0.5) is 11.6 Å². The summed E-state index contributed by atoms with van der Waals surface area (Å²) in [6.45, 7) is 5.03. The van der Waals surface area contributed by atoms with Gasteiger partial charge in [0.2, 0.25) is 6.41 Å². The van der Waals surface area contributed by atoms with Crippen LogP contribution >= 0.6 is 15.9 Å². The Morgan fingerprint density at radius 3 is 2.71 bits per heavy atom. The van der Waals surface area contributed by atoms with Gasteiger partial charge in [0.05, 0.1) is 52.9 Å². The van der Waals surface area contributed by atoms with E-state index in [1.807, 2.05) is 25.1 Å². The Morgan fingerprint density at radius 2 is 2.03 bits per heavy atom. The number of anilines is 2. The Morgan fingerprint density at radius 1 is 1.26 bits per heavy atom. The first-order valence-electron chi connectivity index (χ1n) is 10.9. The second kappa shape index (κ2) is 12.6. The summed E-state index contributed by atoms with van der Waals surface area (Å²) in [6, 6.07) is 5.87. The molecule has 1 aromatic carbocycles. The lowest BCUT2D eigenvalue weighted by molar-refractivity contribution is -0.681. The van der Waals surface area contributed by atoms with E-state index in [0.717, 1.165) is 22.6 Å². The number of nitrogens with zero attached hydrogens (tertiary/aromatic N) is 5. The minimum atomic E-state index is -0.0146. The van der Waals surface area contributed by atoms with E-state index < -0.39 is 0 Å². The number of fused-ring (bicyclic) bond motifs is 1. The van der Waals surface area contributed by atoms with Crippen LogP contribution in [-0.4, -0.2) is 66.2 Å². The van der Waals surface area contributed by atoms with Gasteiger partial charge in [-0.1, -0.05) is 0 Å². The van der Waals surface area contributed by atoms with Crippen molar-refractivity contribution < 1.29 is 28.7 Å². The lowest BCUT2D eigenvalue weighted by Crippen LogP contribution is -2.43. The molecule has 3 rings (SSSR count). The average molecular weight is 538 g/mol. The summed E-state index contributed by atoms with van der Waals surface area (Å²) in [5, 5.41) is 8.79. The standard InChI is InChI=1S/C22H30BrN6O5/c1-3-28-18-12-16(32-2)4-5-17(18)29(6-8-33-10-11-34-9-7-30)20(28)14-27(15-31)22-21(24)25-13-19(23)26-22/h4-5,12-13,15,30H,3,6-11,14H2,1-2H3,(H2,24,25)/q+1. The van der Waals surface area contributed by atoms with Gasteiger partial charge in [-0.3, -0.25) is 9.69 Å². The van der Waals surface area contributed by atoms with Gasteiger partial charge in [-0.2, -0.15) is 0 Å². The average Bonchev–Trinajstić information content (AvgIpc) is 3.14. The molecule has 0 fully saturated rings. The third-order valence-corrected chi connectivity index (χ3v) is 5.62. The molecule has 0 aliphatic rings. The molecule has 0 radical (unpaired) electrons. The number of methoxy groups -OCH3 is 1. The van der Waals surface area contributed by atoms with Crippen molar-refractivity contribution in [3.8, 4) is 5.75 Å². The van der Waals surface area contributed by atoms with Crippen LogP contribution in [0.25, 0.3) is 11.0 Å². The molecule has 1 amide bonds. The Bertz CT molecular complexity index is 1110. The second-order valence-corrected chi connectivity index (χ2v) is 8.06. The Hall–Kier alpha value is -2.80. The fourth-order valence-corrected chi connectivity index (χ4v) is 3.98. The largest absolute Gasteiger partial charge is 0.497 e. The Balaban J connectivity index is 1.94. The van der Waals surface area contributed by atoms with Crippen molar-refractivity contribution in [2.24, 2.45) is 0 Å². The van der Waals surface area contributed by atoms with E-state index in [4.69, 9.17) is 25.1 Å². The van der Waals surface area contributed by atoms with E-state index in [1.165, 1.54) is 11.1 Å². The van der Waals surface area contributed by atoms with Crippen LogP contribution in [0.3, 0.4) is 0 Å². The van der Waals surface area contributed by atoms with Crippen LogP contribution < -0.4 is 19.9 Å². The van der Waals surface area contributed by atoms with Crippen molar-refractivity contribution in [2.45, 2.75) is 26.6 Å². The number of amides is 1. The Labute approximate surface area is 206 Å². The van der Waals surface area contributed by atoms with E-state index >= 15 is 0 Å². The number of ether oxygens (including phenoxy) is 3. The fourth-order valence-electron chi connectivity index (χ4n) is 3.71. The maximum absolute atomic E-state index is 12.1. The summed E-state index contributed by atoms with van der Waals surface area (Å²) in [6.07, 6.45) is 2.18. The number of nitrogens with two attached hydrogens (primary N) is 1. The third-order valence-electron chi connectivity index (χ3n) is 5.23. The van der Waals surface area contributed by atoms with Crippen molar-refractivity contribution in [1.29, 1.82) is 0 Å². The van der Waals surface area contributed by atoms with Crippen LogP contribution in [0, 0.1) is 0 Å². The number of aryl methyl sites for hydroxylation is 1. The van der Waals surface area contributed by atoms with E-state index in [9.17, 15) is 4.79 Å². The number of hydrogen-bond acceptors (Lipinski definition) is 8. The van der Waals surface area contributed by atoms with Crippen LogP contribution in [0.5, 0.6) is 5.75 Å². The molecule has 2 aromatic heterocycles. The van der Waals surface area contributed by atoms with E-state index in [-0.39, 0.29) is 31.4 Å². The van der Waals surface area contributed by atoms with E-state index in [0.29, 0.717) is 43.9 Å². The highest BCUT2D eigenvalue weighted by molar-refractivity contribution is 9.10. The minimum absolute atomic E-state index is 0.0146. The van der Waals surface area contributed by atoms with Gasteiger partial charge in [0.25, 0.3) is 5.82 Å². The summed E-state index contributed by atoms with van der Waals surface area (Å²) in [5.74, 6) is 2.05. The highest BCUT2D eigenvalue weighted by Crippen LogP contribution is 2.24.